The highest BCUT2D eigenvalue weighted by atomic mass is 35.5. The Morgan fingerprint density at radius 3 is 2.61 bits per heavy atom. The van der Waals surface area contributed by atoms with Crippen molar-refractivity contribution in [3.63, 3.8) is 0 Å². The van der Waals surface area contributed by atoms with E-state index in [1.54, 1.807) is 40.8 Å². The molecule has 1 aliphatic heterocycles. The fraction of sp³-hybridized carbons (Fsp3) is 0.364. The van der Waals surface area contributed by atoms with Crippen molar-refractivity contribution in [3.8, 4) is 5.75 Å². The molecule has 1 aliphatic rings. The molecule has 0 atom stereocenters. The molecule has 3 aromatic rings. The van der Waals surface area contributed by atoms with Crippen molar-refractivity contribution in [2.24, 2.45) is 0 Å². The van der Waals surface area contributed by atoms with Gasteiger partial charge in [-0.1, -0.05) is 23.7 Å². The number of nitrogens with zero attached hydrogens (tertiary/aromatic N) is 4. The second kappa shape index (κ2) is 8.93. The van der Waals surface area contributed by atoms with Gasteiger partial charge in [0.1, 0.15) is 17.7 Å². The number of hydrogen-bond donors (Lipinski definition) is 0. The van der Waals surface area contributed by atoms with Gasteiger partial charge < -0.3 is 14.4 Å². The van der Waals surface area contributed by atoms with Gasteiger partial charge in [-0.15, -0.1) is 0 Å². The van der Waals surface area contributed by atoms with Gasteiger partial charge in [0.2, 0.25) is 0 Å². The molecular formula is C22H23ClN4O4. The number of amides is 1. The quantitative estimate of drug-likeness (QED) is 0.615. The predicted octanol–water partition coefficient (Wildman–Crippen LogP) is 3.41. The maximum Gasteiger partial charge on any atom is 0.409 e. The third-order valence-electron chi connectivity index (χ3n) is 5.41. The number of halogens is 1. The van der Waals surface area contributed by atoms with Gasteiger partial charge in [-0.25, -0.2) is 14.8 Å². The highest BCUT2D eigenvalue weighted by Crippen LogP contribution is 2.21. The first-order chi connectivity index (χ1) is 14.9. The number of carbonyl (C=O) groups excluding carboxylic acids is 1. The molecule has 0 unspecified atom stereocenters. The molecule has 9 heteroatoms. The van der Waals surface area contributed by atoms with Crippen LogP contribution in [-0.4, -0.2) is 51.8 Å². The number of ether oxygens (including phenoxy) is 2. The number of benzene rings is 1. The van der Waals surface area contributed by atoms with E-state index in [1.165, 1.54) is 7.11 Å². The summed E-state index contributed by atoms with van der Waals surface area (Å²) >= 11 is 5.95. The molecule has 0 N–H and O–H groups in total. The van der Waals surface area contributed by atoms with Gasteiger partial charge >= 0.3 is 6.09 Å². The van der Waals surface area contributed by atoms with Crippen LogP contribution in [0.5, 0.6) is 5.75 Å². The van der Waals surface area contributed by atoms with Gasteiger partial charge in [-0.3, -0.25) is 9.36 Å². The number of hydrogen-bond acceptors (Lipinski definition) is 6. The van der Waals surface area contributed by atoms with Crippen molar-refractivity contribution in [1.82, 2.24) is 19.4 Å². The van der Waals surface area contributed by atoms with Gasteiger partial charge in [0.05, 0.1) is 25.2 Å². The smallest absolute Gasteiger partial charge is 0.409 e. The molecule has 2 aromatic heterocycles. The fourth-order valence-corrected chi connectivity index (χ4v) is 3.82. The molecule has 1 aromatic carbocycles. The van der Waals surface area contributed by atoms with Crippen LogP contribution >= 0.6 is 11.6 Å². The summed E-state index contributed by atoms with van der Waals surface area (Å²) in [5, 5.41) is 1.05. The van der Waals surface area contributed by atoms with Crippen LogP contribution in [0.3, 0.4) is 0 Å². The minimum atomic E-state index is -0.325. The maximum atomic E-state index is 13.2. The Labute approximate surface area is 184 Å². The zero-order valence-corrected chi connectivity index (χ0v) is 18.1. The Kier molecular flexibility index (Phi) is 6.08. The van der Waals surface area contributed by atoms with E-state index in [0.717, 1.165) is 5.56 Å². The molecule has 1 fully saturated rings. The highest BCUT2D eigenvalue weighted by molar-refractivity contribution is 6.30. The van der Waals surface area contributed by atoms with Crippen LogP contribution in [0.2, 0.25) is 5.02 Å². The van der Waals surface area contributed by atoms with Crippen LogP contribution in [-0.2, 0) is 11.3 Å². The summed E-state index contributed by atoms with van der Waals surface area (Å²) < 4.78 is 12.4. The van der Waals surface area contributed by atoms with Gasteiger partial charge in [0, 0.05) is 31.0 Å². The second-order valence-electron chi connectivity index (χ2n) is 7.49. The molecule has 4 rings (SSSR count). The lowest BCUT2D eigenvalue weighted by Gasteiger charge is -2.31. The van der Waals surface area contributed by atoms with Crippen LogP contribution in [0.15, 0.2) is 41.3 Å². The minimum Gasteiger partial charge on any atom is -0.489 e. The third-order valence-corrected chi connectivity index (χ3v) is 5.66. The van der Waals surface area contributed by atoms with E-state index in [9.17, 15) is 9.59 Å². The molecule has 162 valence electrons. The summed E-state index contributed by atoms with van der Waals surface area (Å²) in [6.07, 6.45) is 2.56. The summed E-state index contributed by atoms with van der Waals surface area (Å²) in [5.41, 5.74) is 1.17. The number of fused-ring (bicyclic) bond motifs is 1. The number of carbonyl (C=O) groups is 1. The Morgan fingerprint density at radius 1 is 1.23 bits per heavy atom. The lowest BCUT2D eigenvalue weighted by atomic mass is 10.1. The van der Waals surface area contributed by atoms with Crippen LogP contribution in [0.4, 0.5) is 4.79 Å². The zero-order chi connectivity index (χ0) is 22.0. The molecular weight excluding hydrogens is 420 g/mol. The Morgan fingerprint density at radius 2 is 1.94 bits per heavy atom. The Bertz CT molecular complexity index is 1150. The highest BCUT2D eigenvalue weighted by Gasteiger charge is 2.24. The third kappa shape index (κ3) is 4.64. The van der Waals surface area contributed by atoms with E-state index in [1.807, 2.05) is 12.1 Å². The Hall–Kier alpha value is -3.13. The summed E-state index contributed by atoms with van der Waals surface area (Å²) in [6.45, 7) is 3.31. The molecule has 0 spiro atoms. The van der Waals surface area contributed by atoms with Gasteiger partial charge in [-0.05, 0) is 30.7 Å². The number of piperidine rings is 1. The number of likely N-dealkylation sites (tertiary alicyclic amines) is 1. The lowest BCUT2D eigenvalue weighted by Crippen LogP contribution is -2.41. The first-order valence-corrected chi connectivity index (χ1v) is 10.4. The molecule has 31 heavy (non-hydrogen) atoms. The average molecular weight is 443 g/mol. The van der Waals surface area contributed by atoms with Gasteiger partial charge in [0.25, 0.3) is 5.56 Å². The molecule has 0 saturated carbocycles. The van der Waals surface area contributed by atoms with Crippen LogP contribution in [0, 0.1) is 6.92 Å². The van der Waals surface area contributed by atoms with E-state index in [0.29, 0.717) is 60.1 Å². The van der Waals surface area contributed by atoms with Crippen LogP contribution < -0.4 is 10.3 Å². The SMILES string of the molecule is COC(=O)N1CCC(Oc2cnc3nc(C)n(Cc4ccc(Cl)cc4)c(=O)c3c2)CC1. The first-order valence-electron chi connectivity index (χ1n) is 10.1. The van der Waals surface area contributed by atoms with E-state index >= 15 is 0 Å². The largest absolute Gasteiger partial charge is 0.489 e. The molecule has 0 aliphatic carbocycles. The van der Waals surface area contributed by atoms with Gasteiger partial charge in [0.15, 0.2) is 5.65 Å². The Balaban J connectivity index is 1.55. The fourth-order valence-electron chi connectivity index (χ4n) is 3.69. The van der Waals surface area contributed by atoms with Gasteiger partial charge in [-0.2, -0.15) is 0 Å². The molecule has 0 bridgehead atoms. The van der Waals surface area contributed by atoms with E-state index in [-0.39, 0.29) is 17.8 Å². The molecule has 1 saturated heterocycles. The molecule has 8 nitrogen and oxygen atoms in total. The molecule has 3 heterocycles. The van der Waals surface area contributed by atoms with E-state index < -0.39 is 0 Å². The first kappa shape index (κ1) is 21.1. The second-order valence-corrected chi connectivity index (χ2v) is 7.93. The normalized spacial score (nSPS) is 14.6. The number of aryl methyl sites for hydroxylation is 1. The van der Waals surface area contributed by atoms with Crippen molar-refractivity contribution >= 4 is 28.7 Å². The van der Waals surface area contributed by atoms with Crippen LogP contribution in [0.1, 0.15) is 24.2 Å². The average Bonchev–Trinajstić information content (AvgIpc) is 2.78. The summed E-state index contributed by atoms with van der Waals surface area (Å²) in [6, 6.07) is 9.06. The summed E-state index contributed by atoms with van der Waals surface area (Å²) in [5.74, 6) is 1.11. The molecule has 0 radical (unpaired) electrons. The van der Waals surface area contributed by atoms with Crippen LogP contribution in [0.25, 0.3) is 11.0 Å². The number of rotatable bonds is 4. The van der Waals surface area contributed by atoms with Crippen molar-refractivity contribution in [2.45, 2.75) is 32.4 Å². The van der Waals surface area contributed by atoms with Crippen molar-refractivity contribution in [2.75, 3.05) is 20.2 Å². The van der Waals surface area contributed by atoms with Crippen molar-refractivity contribution in [1.29, 1.82) is 0 Å². The lowest BCUT2D eigenvalue weighted by molar-refractivity contribution is 0.0790. The number of pyridine rings is 1. The monoisotopic (exact) mass is 442 g/mol. The zero-order valence-electron chi connectivity index (χ0n) is 17.4. The van der Waals surface area contributed by atoms with Crippen molar-refractivity contribution < 1.29 is 14.3 Å². The molecule has 1 amide bonds. The summed E-state index contributed by atoms with van der Waals surface area (Å²) in [7, 11) is 1.38. The van der Waals surface area contributed by atoms with E-state index in [2.05, 4.69) is 9.97 Å². The number of methoxy groups -OCH3 is 1. The maximum absolute atomic E-state index is 13.2. The van der Waals surface area contributed by atoms with Crippen molar-refractivity contribution in [3.05, 3.63) is 63.3 Å². The minimum absolute atomic E-state index is 0.0603. The topological polar surface area (TPSA) is 86.5 Å². The number of aromatic nitrogens is 3. The van der Waals surface area contributed by atoms with E-state index in [4.69, 9.17) is 21.1 Å². The summed E-state index contributed by atoms with van der Waals surface area (Å²) in [4.78, 5) is 35.3. The predicted molar refractivity (Wildman–Crippen MR) is 117 cm³/mol. The standard InChI is InChI=1S/C22H23ClN4O4/c1-14-25-20-19(21(28)27(14)13-15-3-5-16(23)6-4-15)11-18(12-24-20)31-17-7-9-26(10-8-17)22(29)30-2/h3-6,11-12,17H,7-10,13H2,1-2H3.